The van der Waals surface area contributed by atoms with Crippen LogP contribution < -0.4 is 10.1 Å². The molecule has 0 unspecified atom stereocenters. The molecule has 8 nitrogen and oxygen atoms in total. The average molecular weight is 339 g/mol. The smallest absolute Gasteiger partial charge is 0.335 e. The molecule has 0 atom stereocenters. The number of methoxy groups -OCH3 is 1. The van der Waals surface area contributed by atoms with E-state index in [2.05, 4.69) is 15.5 Å². The van der Waals surface area contributed by atoms with Crippen LogP contribution >= 0.6 is 0 Å². The van der Waals surface area contributed by atoms with Gasteiger partial charge in [0.05, 0.1) is 13.5 Å². The highest BCUT2D eigenvalue weighted by Crippen LogP contribution is 2.11. The third-order valence-electron chi connectivity index (χ3n) is 2.95. The summed E-state index contributed by atoms with van der Waals surface area (Å²) in [5.74, 6) is 0.737. The number of hydrogen-bond donors (Lipinski definition) is 1. The van der Waals surface area contributed by atoms with Crippen LogP contribution in [0, 0.1) is 0 Å². The maximum Gasteiger partial charge on any atom is 0.335 e. The average Bonchev–Trinajstić information content (AvgIpc) is 2.97. The quantitative estimate of drug-likeness (QED) is 0.776. The first kappa shape index (κ1) is 16.9. The number of rotatable bonds is 7. The molecule has 1 aromatic carbocycles. The van der Waals surface area contributed by atoms with Gasteiger partial charge in [0.15, 0.2) is 0 Å². The molecular formula is C14H17N3O5S. The summed E-state index contributed by atoms with van der Waals surface area (Å²) in [5, 5.41) is 9.35. The Bertz CT molecular complexity index is 768. The third kappa shape index (κ3) is 5.06. The molecule has 0 bridgehead atoms. The molecule has 0 fully saturated rings. The number of aromatic nitrogens is 2. The number of amides is 1. The number of hydrogen-bond acceptors (Lipinski definition) is 7. The van der Waals surface area contributed by atoms with E-state index >= 15 is 0 Å². The summed E-state index contributed by atoms with van der Waals surface area (Å²) in [7, 11) is -1.93. The molecule has 23 heavy (non-hydrogen) atoms. The Morgan fingerprint density at radius 2 is 1.96 bits per heavy atom. The van der Waals surface area contributed by atoms with Crippen LogP contribution in [0.3, 0.4) is 0 Å². The predicted molar refractivity (Wildman–Crippen MR) is 80.8 cm³/mol. The van der Waals surface area contributed by atoms with E-state index < -0.39 is 15.1 Å². The van der Waals surface area contributed by atoms with E-state index in [1.807, 2.05) is 12.1 Å². The molecule has 0 aliphatic heterocycles. The summed E-state index contributed by atoms with van der Waals surface area (Å²) in [6.45, 7) is 0.278. The first-order valence-electron chi connectivity index (χ1n) is 6.80. The van der Waals surface area contributed by atoms with Crippen LogP contribution in [0.25, 0.3) is 0 Å². The summed E-state index contributed by atoms with van der Waals surface area (Å²) >= 11 is 0. The molecule has 0 saturated carbocycles. The fourth-order valence-corrected chi connectivity index (χ4v) is 2.23. The summed E-state index contributed by atoms with van der Waals surface area (Å²) in [6, 6.07) is 7.20. The fraction of sp³-hybridized carbons (Fsp3) is 0.357. The Balaban J connectivity index is 1.79. The molecule has 1 amide bonds. The van der Waals surface area contributed by atoms with Crippen LogP contribution in [0.2, 0.25) is 0 Å². The minimum Gasteiger partial charge on any atom is -0.497 e. The predicted octanol–water partition coefficient (Wildman–Crippen LogP) is 0.383. The topological polar surface area (TPSA) is 111 Å². The fourth-order valence-electron chi connectivity index (χ4n) is 1.79. The SMILES string of the molecule is COc1ccc(CC(=O)NCCc2nnc(S(C)(=O)=O)o2)cc1. The first-order valence-corrected chi connectivity index (χ1v) is 8.69. The van der Waals surface area contributed by atoms with E-state index in [9.17, 15) is 13.2 Å². The van der Waals surface area contributed by atoms with E-state index in [0.717, 1.165) is 17.6 Å². The maximum absolute atomic E-state index is 11.8. The van der Waals surface area contributed by atoms with Crippen LogP contribution in [0.5, 0.6) is 5.75 Å². The van der Waals surface area contributed by atoms with Gasteiger partial charge in [0.1, 0.15) is 5.75 Å². The Hall–Kier alpha value is -2.42. The molecule has 0 aliphatic carbocycles. The van der Waals surface area contributed by atoms with E-state index in [0.29, 0.717) is 0 Å². The highest BCUT2D eigenvalue weighted by Gasteiger charge is 2.16. The van der Waals surface area contributed by atoms with Crippen LogP contribution in [0.15, 0.2) is 33.9 Å². The van der Waals surface area contributed by atoms with Crippen molar-refractivity contribution < 1.29 is 22.4 Å². The summed E-state index contributed by atoms with van der Waals surface area (Å²) in [5.41, 5.74) is 0.862. The zero-order chi connectivity index (χ0) is 16.9. The number of benzene rings is 1. The van der Waals surface area contributed by atoms with Crippen LogP contribution in [0.4, 0.5) is 0 Å². The van der Waals surface area contributed by atoms with Crippen molar-refractivity contribution >= 4 is 15.7 Å². The van der Waals surface area contributed by atoms with Gasteiger partial charge in [-0.2, -0.15) is 0 Å². The van der Waals surface area contributed by atoms with Crippen LogP contribution in [-0.4, -0.2) is 44.4 Å². The van der Waals surface area contributed by atoms with Gasteiger partial charge in [-0.05, 0) is 17.7 Å². The molecule has 0 aliphatic rings. The Morgan fingerprint density at radius 3 is 2.52 bits per heavy atom. The number of nitrogens with zero attached hydrogens (tertiary/aromatic N) is 2. The van der Waals surface area contributed by atoms with Gasteiger partial charge in [0, 0.05) is 19.2 Å². The summed E-state index contributed by atoms with van der Waals surface area (Å²) < 4.78 is 32.5. The van der Waals surface area contributed by atoms with Gasteiger partial charge in [-0.15, -0.1) is 5.10 Å². The molecular weight excluding hydrogens is 322 g/mol. The maximum atomic E-state index is 11.8. The number of ether oxygens (including phenoxy) is 1. The molecule has 0 radical (unpaired) electrons. The normalized spacial score (nSPS) is 11.2. The van der Waals surface area contributed by atoms with Crippen LogP contribution in [0.1, 0.15) is 11.5 Å². The second-order valence-electron chi connectivity index (χ2n) is 4.86. The summed E-state index contributed by atoms with van der Waals surface area (Å²) in [4.78, 5) is 11.8. The van der Waals surface area contributed by atoms with E-state index in [1.54, 1.807) is 19.2 Å². The van der Waals surface area contributed by atoms with Crippen molar-refractivity contribution in [2.75, 3.05) is 19.9 Å². The van der Waals surface area contributed by atoms with Crippen molar-refractivity contribution in [1.29, 1.82) is 0 Å². The lowest BCUT2D eigenvalue weighted by Gasteiger charge is -2.05. The second-order valence-corrected chi connectivity index (χ2v) is 6.75. The van der Waals surface area contributed by atoms with Gasteiger partial charge in [0.2, 0.25) is 21.6 Å². The van der Waals surface area contributed by atoms with E-state index in [4.69, 9.17) is 9.15 Å². The number of carbonyl (C=O) groups excluding carboxylic acids is 1. The largest absolute Gasteiger partial charge is 0.497 e. The monoisotopic (exact) mass is 339 g/mol. The van der Waals surface area contributed by atoms with E-state index in [-0.39, 0.29) is 31.2 Å². The van der Waals surface area contributed by atoms with Gasteiger partial charge in [-0.3, -0.25) is 4.79 Å². The molecule has 0 saturated heterocycles. The highest BCUT2D eigenvalue weighted by molar-refractivity contribution is 7.90. The Morgan fingerprint density at radius 1 is 1.26 bits per heavy atom. The van der Waals surface area contributed by atoms with Gasteiger partial charge in [0.25, 0.3) is 0 Å². The van der Waals surface area contributed by atoms with Gasteiger partial charge >= 0.3 is 5.22 Å². The van der Waals surface area contributed by atoms with Crippen molar-refractivity contribution in [2.45, 2.75) is 18.1 Å². The molecule has 1 aromatic heterocycles. The van der Waals surface area contributed by atoms with Gasteiger partial charge in [-0.25, -0.2) is 8.42 Å². The Kier molecular flexibility index (Phi) is 5.32. The van der Waals surface area contributed by atoms with Crippen molar-refractivity contribution in [2.24, 2.45) is 0 Å². The lowest BCUT2D eigenvalue weighted by atomic mass is 10.1. The highest BCUT2D eigenvalue weighted by atomic mass is 32.2. The molecule has 0 spiro atoms. The van der Waals surface area contributed by atoms with Gasteiger partial charge in [-0.1, -0.05) is 17.2 Å². The molecule has 1 heterocycles. The third-order valence-corrected chi connectivity index (χ3v) is 3.75. The molecule has 124 valence electrons. The van der Waals surface area contributed by atoms with Crippen molar-refractivity contribution in [1.82, 2.24) is 15.5 Å². The van der Waals surface area contributed by atoms with Crippen molar-refractivity contribution in [3.63, 3.8) is 0 Å². The zero-order valence-corrected chi connectivity index (χ0v) is 13.6. The Labute approximate surface area is 133 Å². The molecule has 9 heteroatoms. The van der Waals surface area contributed by atoms with Crippen LogP contribution in [-0.2, 0) is 27.5 Å². The minimum atomic E-state index is -3.51. The number of sulfone groups is 1. The second kappa shape index (κ2) is 7.23. The zero-order valence-electron chi connectivity index (χ0n) is 12.8. The minimum absolute atomic E-state index is 0.155. The van der Waals surface area contributed by atoms with Gasteiger partial charge < -0.3 is 14.5 Å². The standard InChI is InChI=1S/C14H17N3O5S/c1-21-11-5-3-10(4-6-11)9-12(18)15-8-7-13-16-17-14(22-13)23(2,19)20/h3-6H,7-9H2,1-2H3,(H,15,18). The van der Waals surface area contributed by atoms with Crippen molar-refractivity contribution in [3.05, 3.63) is 35.7 Å². The molecule has 2 aromatic rings. The first-order chi connectivity index (χ1) is 10.9. The lowest BCUT2D eigenvalue weighted by Crippen LogP contribution is -2.27. The number of nitrogens with one attached hydrogen (secondary N) is 1. The molecule has 2 rings (SSSR count). The number of carbonyl (C=O) groups is 1. The summed E-state index contributed by atoms with van der Waals surface area (Å²) in [6.07, 6.45) is 1.49. The molecule has 1 N–H and O–H groups in total. The van der Waals surface area contributed by atoms with Crippen molar-refractivity contribution in [3.8, 4) is 5.75 Å². The van der Waals surface area contributed by atoms with E-state index in [1.165, 1.54) is 0 Å². The lowest BCUT2D eigenvalue weighted by molar-refractivity contribution is -0.120.